The molecule has 0 aromatic heterocycles. The van der Waals surface area contributed by atoms with Crippen LogP contribution in [0.3, 0.4) is 0 Å². The molecule has 1 amide bonds. The van der Waals surface area contributed by atoms with Gasteiger partial charge in [-0.2, -0.15) is 0 Å². The van der Waals surface area contributed by atoms with Gasteiger partial charge in [0.1, 0.15) is 11.5 Å². The van der Waals surface area contributed by atoms with E-state index in [2.05, 4.69) is 5.32 Å². The first-order chi connectivity index (χ1) is 14.6. The van der Waals surface area contributed by atoms with Crippen molar-refractivity contribution in [3.05, 3.63) is 59.2 Å². The molecule has 0 aliphatic carbocycles. The molecular formula is C23H28N2O5. The zero-order valence-corrected chi connectivity index (χ0v) is 17.2. The summed E-state index contributed by atoms with van der Waals surface area (Å²) in [6.07, 6.45) is 2.65. The number of aromatic carboxylic acids is 1. The molecule has 7 heteroatoms. The van der Waals surface area contributed by atoms with E-state index in [1.54, 1.807) is 25.3 Å². The summed E-state index contributed by atoms with van der Waals surface area (Å²) in [5.74, 6) is 0.293. The number of para-hydroxylation sites is 1. The van der Waals surface area contributed by atoms with Gasteiger partial charge in [-0.05, 0) is 37.5 Å². The number of carboxylic acids is 1. The number of nitrogens with one attached hydrogen (secondary N) is 1. The van der Waals surface area contributed by atoms with E-state index >= 15 is 0 Å². The molecular weight excluding hydrogens is 384 g/mol. The van der Waals surface area contributed by atoms with E-state index in [-0.39, 0.29) is 18.0 Å². The van der Waals surface area contributed by atoms with Crippen molar-refractivity contribution in [3.8, 4) is 11.5 Å². The average molecular weight is 412 g/mol. The third kappa shape index (κ3) is 5.97. The predicted molar refractivity (Wildman–Crippen MR) is 113 cm³/mol. The van der Waals surface area contributed by atoms with Crippen LogP contribution in [0.5, 0.6) is 11.5 Å². The Morgan fingerprint density at radius 3 is 2.80 bits per heavy atom. The van der Waals surface area contributed by atoms with Gasteiger partial charge in [-0.15, -0.1) is 0 Å². The van der Waals surface area contributed by atoms with E-state index in [9.17, 15) is 14.7 Å². The third-order valence-corrected chi connectivity index (χ3v) is 5.06. The van der Waals surface area contributed by atoms with Crippen molar-refractivity contribution in [2.45, 2.75) is 32.4 Å². The van der Waals surface area contributed by atoms with Gasteiger partial charge >= 0.3 is 5.97 Å². The Morgan fingerprint density at radius 2 is 2.00 bits per heavy atom. The largest absolute Gasteiger partial charge is 0.496 e. The number of nitrogens with zero attached hydrogens (tertiary/aromatic N) is 1. The van der Waals surface area contributed by atoms with Crippen LogP contribution >= 0.6 is 0 Å². The van der Waals surface area contributed by atoms with Crippen LogP contribution in [0.25, 0.3) is 0 Å². The normalized spacial score (nSPS) is 16.1. The summed E-state index contributed by atoms with van der Waals surface area (Å²) in [5.41, 5.74) is 2.01. The molecule has 7 nitrogen and oxygen atoms in total. The molecule has 2 aromatic carbocycles. The number of hydrogen-bond donors (Lipinski definition) is 2. The van der Waals surface area contributed by atoms with E-state index in [1.165, 1.54) is 0 Å². The number of rotatable bonds is 4. The van der Waals surface area contributed by atoms with Gasteiger partial charge in [0.15, 0.2) is 0 Å². The molecule has 2 N–H and O–H groups in total. The van der Waals surface area contributed by atoms with E-state index in [0.29, 0.717) is 32.0 Å². The highest BCUT2D eigenvalue weighted by Crippen LogP contribution is 2.25. The van der Waals surface area contributed by atoms with E-state index < -0.39 is 5.97 Å². The minimum atomic E-state index is -0.991. The Morgan fingerprint density at radius 1 is 1.17 bits per heavy atom. The first-order valence-electron chi connectivity index (χ1n) is 10.2. The van der Waals surface area contributed by atoms with Crippen LogP contribution in [0.15, 0.2) is 42.5 Å². The minimum absolute atomic E-state index is 0.0335. The molecule has 0 unspecified atom stereocenters. The Kier molecular flexibility index (Phi) is 7.68. The van der Waals surface area contributed by atoms with Crippen LogP contribution in [0.4, 0.5) is 0 Å². The van der Waals surface area contributed by atoms with Crippen molar-refractivity contribution in [2.24, 2.45) is 0 Å². The third-order valence-electron chi connectivity index (χ3n) is 5.06. The second kappa shape index (κ2) is 10.6. The maximum atomic E-state index is 12.5. The number of carbonyl (C=O) groups is 2. The van der Waals surface area contributed by atoms with Crippen LogP contribution in [-0.4, -0.2) is 48.7 Å². The fourth-order valence-corrected chi connectivity index (χ4v) is 3.51. The molecule has 1 aliphatic rings. The number of fused-ring (bicyclic) bond motifs is 1. The van der Waals surface area contributed by atoms with Crippen LogP contribution < -0.4 is 14.8 Å². The van der Waals surface area contributed by atoms with Gasteiger partial charge in [-0.1, -0.05) is 24.3 Å². The molecule has 0 saturated heterocycles. The summed E-state index contributed by atoms with van der Waals surface area (Å²) in [6.45, 7) is 2.32. The first kappa shape index (κ1) is 21.6. The number of carboxylic acid groups (broad SMARTS) is 1. The highest BCUT2D eigenvalue weighted by molar-refractivity contribution is 5.88. The summed E-state index contributed by atoms with van der Waals surface area (Å²) in [6, 6.07) is 12.6. The Balaban J connectivity index is 1.90. The number of methoxy groups -OCH3 is 1. The lowest BCUT2D eigenvalue weighted by molar-refractivity contribution is -0.122. The van der Waals surface area contributed by atoms with Crippen LogP contribution in [-0.2, 0) is 17.9 Å². The van der Waals surface area contributed by atoms with Crippen LogP contribution in [0, 0.1) is 0 Å². The Labute approximate surface area is 176 Å². The van der Waals surface area contributed by atoms with Gasteiger partial charge < -0.3 is 19.9 Å². The molecule has 1 heterocycles. The molecule has 0 radical (unpaired) electrons. The maximum absolute atomic E-state index is 12.5. The van der Waals surface area contributed by atoms with Crippen molar-refractivity contribution in [1.29, 1.82) is 0 Å². The molecule has 0 spiro atoms. The van der Waals surface area contributed by atoms with Crippen LogP contribution in [0.2, 0.25) is 0 Å². The highest BCUT2D eigenvalue weighted by Gasteiger charge is 2.18. The van der Waals surface area contributed by atoms with Gasteiger partial charge in [-0.25, -0.2) is 4.79 Å². The Bertz CT molecular complexity index is 884. The number of hydrogen-bond acceptors (Lipinski definition) is 5. The topological polar surface area (TPSA) is 88.1 Å². The summed E-state index contributed by atoms with van der Waals surface area (Å²) in [5, 5.41) is 12.3. The molecule has 0 atom stereocenters. The minimum Gasteiger partial charge on any atom is -0.496 e. The van der Waals surface area contributed by atoms with Crippen molar-refractivity contribution >= 4 is 11.9 Å². The average Bonchev–Trinajstić information content (AvgIpc) is 2.75. The van der Waals surface area contributed by atoms with Gasteiger partial charge in [0, 0.05) is 30.8 Å². The SMILES string of the molecule is COc1ccccc1CN1CC(=O)NCCCCCOc2cc(C(=O)O)ccc2C1. The fraction of sp³-hybridized carbons (Fsp3) is 0.391. The Hall–Kier alpha value is -3.06. The van der Waals surface area contributed by atoms with Crippen molar-refractivity contribution in [3.63, 3.8) is 0 Å². The van der Waals surface area contributed by atoms with Crippen molar-refractivity contribution < 1.29 is 24.2 Å². The first-order valence-corrected chi connectivity index (χ1v) is 10.2. The second-order valence-electron chi connectivity index (χ2n) is 7.34. The van der Waals surface area contributed by atoms with Gasteiger partial charge in [0.2, 0.25) is 5.91 Å². The number of benzene rings is 2. The zero-order chi connectivity index (χ0) is 21.3. The zero-order valence-electron chi connectivity index (χ0n) is 17.2. The highest BCUT2D eigenvalue weighted by atomic mass is 16.5. The number of ether oxygens (including phenoxy) is 2. The molecule has 0 bridgehead atoms. The molecule has 2 aromatic rings. The summed E-state index contributed by atoms with van der Waals surface area (Å²) in [7, 11) is 1.63. The lowest BCUT2D eigenvalue weighted by atomic mass is 10.1. The molecule has 3 rings (SSSR count). The predicted octanol–water partition coefficient (Wildman–Crippen LogP) is 3.07. The number of carbonyl (C=O) groups excluding carboxylic acids is 1. The molecule has 160 valence electrons. The lowest BCUT2D eigenvalue weighted by Crippen LogP contribution is -2.37. The standard InChI is InChI=1S/C23H28N2O5/c1-29-20-8-4-3-7-18(20)14-25-15-19-10-9-17(23(27)28)13-21(19)30-12-6-2-5-11-24-22(26)16-25/h3-4,7-10,13H,2,5-6,11-12,14-16H2,1H3,(H,24,26)(H,27,28). The smallest absolute Gasteiger partial charge is 0.335 e. The molecule has 30 heavy (non-hydrogen) atoms. The molecule has 0 fully saturated rings. The second-order valence-corrected chi connectivity index (χ2v) is 7.34. The summed E-state index contributed by atoms with van der Waals surface area (Å²) in [4.78, 5) is 25.9. The van der Waals surface area contributed by atoms with Crippen molar-refractivity contribution in [1.82, 2.24) is 10.2 Å². The van der Waals surface area contributed by atoms with E-state index in [0.717, 1.165) is 36.1 Å². The summed E-state index contributed by atoms with van der Waals surface area (Å²) < 4.78 is 11.4. The van der Waals surface area contributed by atoms with Gasteiger partial charge in [-0.3, -0.25) is 9.69 Å². The fourth-order valence-electron chi connectivity index (χ4n) is 3.51. The summed E-state index contributed by atoms with van der Waals surface area (Å²) >= 11 is 0. The van der Waals surface area contributed by atoms with E-state index in [4.69, 9.17) is 9.47 Å². The van der Waals surface area contributed by atoms with Crippen LogP contribution in [0.1, 0.15) is 40.7 Å². The quantitative estimate of drug-likeness (QED) is 0.803. The monoisotopic (exact) mass is 412 g/mol. The van der Waals surface area contributed by atoms with Crippen molar-refractivity contribution in [2.75, 3.05) is 26.8 Å². The molecule has 1 aliphatic heterocycles. The maximum Gasteiger partial charge on any atom is 0.335 e. The van der Waals surface area contributed by atoms with Gasteiger partial charge in [0.25, 0.3) is 0 Å². The lowest BCUT2D eigenvalue weighted by Gasteiger charge is -2.24. The van der Waals surface area contributed by atoms with Gasteiger partial charge in [0.05, 0.1) is 25.8 Å². The number of amides is 1. The van der Waals surface area contributed by atoms with E-state index in [1.807, 2.05) is 29.2 Å². The molecule has 0 saturated carbocycles.